The van der Waals surface area contributed by atoms with E-state index in [0.29, 0.717) is 11.1 Å². The molecular weight excluding hydrogens is 424 g/mol. The summed E-state index contributed by atoms with van der Waals surface area (Å²) in [7, 11) is 0. The lowest BCUT2D eigenvalue weighted by Gasteiger charge is -2.26. The normalized spacial score (nSPS) is 12.6. The smallest absolute Gasteiger partial charge is 0.194 e. The Bertz CT molecular complexity index is 1080. The summed E-state index contributed by atoms with van der Waals surface area (Å²) in [5.74, 6) is -0.585. The first-order chi connectivity index (χ1) is 16.7. The third-order valence-corrected chi connectivity index (χ3v) is 5.45. The van der Waals surface area contributed by atoms with Gasteiger partial charge in [-0.3, -0.25) is 9.59 Å². The maximum absolute atomic E-state index is 13.6. The molecule has 4 nitrogen and oxygen atoms in total. The second kappa shape index (κ2) is 11.8. The number of hydrogen-bond donors (Lipinski definition) is 0. The van der Waals surface area contributed by atoms with Gasteiger partial charge in [0.15, 0.2) is 23.8 Å². The zero-order valence-electron chi connectivity index (χ0n) is 18.7. The van der Waals surface area contributed by atoms with E-state index in [1.807, 2.05) is 72.8 Å². The van der Waals surface area contributed by atoms with Crippen molar-refractivity contribution in [2.75, 3.05) is 0 Å². The quantitative estimate of drug-likeness (QED) is 0.266. The Labute approximate surface area is 199 Å². The van der Waals surface area contributed by atoms with E-state index in [4.69, 9.17) is 9.47 Å². The van der Waals surface area contributed by atoms with Gasteiger partial charge >= 0.3 is 0 Å². The predicted octanol–water partition coefficient (Wildman–Crippen LogP) is 5.92. The van der Waals surface area contributed by atoms with Crippen LogP contribution in [-0.2, 0) is 22.7 Å². The van der Waals surface area contributed by atoms with Gasteiger partial charge in [0, 0.05) is 11.1 Å². The summed E-state index contributed by atoms with van der Waals surface area (Å²) in [5, 5.41) is 0. The van der Waals surface area contributed by atoms with Crippen molar-refractivity contribution in [1.82, 2.24) is 0 Å². The Morgan fingerprint density at radius 3 is 1.09 bits per heavy atom. The lowest BCUT2D eigenvalue weighted by molar-refractivity contribution is -0.0549. The van der Waals surface area contributed by atoms with Gasteiger partial charge in [-0.05, 0) is 11.1 Å². The number of benzene rings is 4. The molecule has 4 rings (SSSR count). The first-order valence-corrected chi connectivity index (χ1v) is 11.2. The fourth-order valence-corrected chi connectivity index (χ4v) is 3.65. The van der Waals surface area contributed by atoms with Gasteiger partial charge in [0.1, 0.15) is 0 Å². The molecule has 0 heterocycles. The fourth-order valence-electron chi connectivity index (χ4n) is 3.65. The van der Waals surface area contributed by atoms with Crippen LogP contribution in [0.3, 0.4) is 0 Å². The van der Waals surface area contributed by atoms with Crippen LogP contribution in [0.15, 0.2) is 121 Å². The molecule has 0 aliphatic rings. The SMILES string of the molecule is O=C(c1ccccc1)[C@H](OCc1ccccc1)[C@@H](OCc1ccccc1)C(=O)c1ccccc1. The zero-order chi connectivity index (χ0) is 23.6. The standard InChI is InChI=1S/C30H26O4/c31-27(25-17-9-3-10-18-25)29(33-21-23-13-5-1-6-14-23)30(28(32)26-19-11-4-12-20-26)34-22-24-15-7-2-8-16-24/h1-20,29-30H,21-22H2/t29-,30-/m0/s1. The largest absolute Gasteiger partial charge is 0.362 e. The Hall–Kier alpha value is -3.86. The Morgan fingerprint density at radius 1 is 0.471 bits per heavy atom. The average molecular weight is 451 g/mol. The molecule has 0 radical (unpaired) electrons. The highest BCUT2D eigenvalue weighted by Gasteiger charge is 2.36. The molecule has 0 aromatic heterocycles. The number of ketones is 2. The van der Waals surface area contributed by atoms with Crippen molar-refractivity contribution in [1.29, 1.82) is 0 Å². The van der Waals surface area contributed by atoms with Crippen molar-refractivity contribution in [3.05, 3.63) is 144 Å². The molecule has 34 heavy (non-hydrogen) atoms. The van der Waals surface area contributed by atoms with Crippen molar-refractivity contribution in [2.24, 2.45) is 0 Å². The Balaban J connectivity index is 1.67. The second-order valence-electron chi connectivity index (χ2n) is 7.89. The highest BCUT2D eigenvalue weighted by Crippen LogP contribution is 2.20. The topological polar surface area (TPSA) is 52.6 Å². The van der Waals surface area contributed by atoms with E-state index in [2.05, 4.69) is 0 Å². The van der Waals surface area contributed by atoms with E-state index >= 15 is 0 Å². The number of carbonyl (C=O) groups excluding carboxylic acids is 2. The van der Waals surface area contributed by atoms with Crippen molar-refractivity contribution in [3.63, 3.8) is 0 Å². The predicted molar refractivity (Wildman–Crippen MR) is 132 cm³/mol. The second-order valence-corrected chi connectivity index (χ2v) is 7.89. The van der Waals surface area contributed by atoms with Gasteiger partial charge in [0.05, 0.1) is 13.2 Å². The molecule has 2 atom stereocenters. The van der Waals surface area contributed by atoms with E-state index in [0.717, 1.165) is 11.1 Å². The molecular formula is C30H26O4. The molecule has 0 aliphatic heterocycles. The lowest BCUT2D eigenvalue weighted by atomic mass is 9.95. The van der Waals surface area contributed by atoms with Gasteiger partial charge in [-0.15, -0.1) is 0 Å². The summed E-state index contributed by atoms with van der Waals surface area (Å²) < 4.78 is 12.3. The number of Topliss-reactive ketones (excluding diaryl/α,β-unsaturated/α-hetero) is 2. The van der Waals surface area contributed by atoms with Crippen LogP contribution in [0.1, 0.15) is 31.8 Å². The van der Waals surface area contributed by atoms with Crippen molar-refractivity contribution >= 4 is 11.6 Å². The third-order valence-electron chi connectivity index (χ3n) is 5.45. The number of ether oxygens (including phenoxy) is 2. The number of rotatable bonds is 11. The highest BCUT2D eigenvalue weighted by molar-refractivity contribution is 6.07. The molecule has 0 aliphatic carbocycles. The van der Waals surface area contributed by atoms with Crippen LogP contribution in [-0.4, -0.2) is 23.8 Å². The minimum atomic E-state index is -1.11. The van der Waals surface area contributed by atoms with E-state index in [1.165, 1.54) is 0 Å². The Kier molecular flexibility index (Phi) is 8.12. The van der Waals surface area contributed by atoms with Crippen molar-refractivity contribution in [2.45, 2.75) is 25.4 Å². The van der Waals surface area contributed by atoms with Gasteiger partial charge in [-0.1, -0.05) is 121 Å². The summed E-state index contributed by atoms with van der Waals surface area (Å²) in [4.78, 5) is 27.2. The van der Waals surface area contributed by atoms with E-state index in [9.17, 15) is 9.59 Å². The van der Waals surface area contributed by atoms with Gasteiger partial charge in [0.2, 0.25) is 0 Å². The first kappa shape index (κ1) is 23.3. The number of carbonyl (C=O) groups is 2. The maximum Gasteiger partial charge on any atom is 0.194 e. The van der Waals surface area contributed by atoms with Gasteiger partial charge in [0.25, 0.3) is 0 Å². The monoisotopic (exact) mass is 450 g/mol. The van der Waals surface area contributed by atoms with Crippen LogP contribution < -0.4 is 0 Å². The molecule has 4 aromatic carbocycles. The minimum absolute atomic E-state index is 0.178. The summed E-state index contributed by atoms with van der Waals surface area (Å²) in [6, 6.07) is 36.9. The summed E-state index contributed by atoms with van der Waals surface area (Å²) >= 11 is 0. The molecule has 0 saturated carbocycles. The van der Waals surface area contributed by atoms with Crippen LogP contribution in [0, 0.1) is 0 Å². The van der Waals surface area contributed by atoms with Gasteiger partial charge in [-0.25, -0.2) is 0 Å². The summed E-state index contributed by atoms with van der Waals surface area (Å²) in [5.41, 5.74) is 2.74. The molecule has 4 aromatic rings. The first-order valence-electron chi connectivity index (χ1n) is 11.2. The van der Waals surface area contributed by atoms with Gasteiger partial charge < -0.3 is 9.47 Å². The molecule has 170 valence electrons. The van der Waals surface area contributed by atoms with Crippen LogP contribution in [0.2, 0.25) is 0 Å². The van der Waals surface area contributed by atoms with Crippen LogP contribution in [0.25, 0.3) is 0 Å². The molecule has 4 heteroatoms. The number of hydrogen-bond acceptors (Lipinski definition) is 4. The molecule has 0 unspecified atom stereocenters. The van der Waals surface area contributed by atoms with Crippen molar-refractivity contribution < 1.29 is 19.1 Å². The summed E-state index contributed by atoms with van der Waals surface area (Å²) in [6.45, 7) is 0.356. The molecule has 0 fully saturated rings. The zero-order valence-corrected chi connectivity index (χ0v) is 18.7. The molecule has 0 amide bonds. The van der Waals surface area contributed by atoms with Crippen LogP contribution in [0.5, 0.6) is 0 Å². The lowest BCUT2D eigenvalue weighted by Crippen LogP contribution is -2.43. The third kappa shape index (κ3) is 6.13. The van der Waals surface area contributed by atoms with E-state index < -0.39 is 12.2 Å². The maximum atomic E-state index is 13.6. The van der Waals surface area contributed by atoms with Gasteiger partial charge in [-0.2, -0.15) is 0 Å². The Morgan fingerprint density at radius 2 is 0.765 bits per heavy atom. The minimum Gasteiger partial charge on any atom is -0.362 e. The molecule has 0 bridgehead atoms. The fraction of sp³-hybridized carbons (Fsp3) is 0.133. The summed E-state index contributed by atoms with van der Waals surface area (Å²) in [6.07, 6.45) is -2.22. The molecule has 0 N–H and O–H groups in total. The van der Waals surface area contributed by atoms with E-state index in [1.54, 1.807) is 48.5 Å². The van der Waals surface area contributed by atoms with Crippen molar-refractivity contribution in [3.8, 4) is 0 Å². The van der Waals surface area contributed by atoms with Crippen LogP contribution in [0.4, 0.5) is 0 Å². The molecule has 0 saturated heterocycles. The van der Waals surface area contributed by atoms with E-state index in [-0.39, 0.29) is 24.8 Å². The highest BCUT2D eigenvalue weighted by atomic mass is 16.5. The van der Waals surface area contributed by atoms with Crippen LogP contribution >= 0.6 is 0 Å². The average Bonchev–Trinajstić information content (AvgIpc) is 2.92. The molecule has 0 spiro atoms.